The number of hydrogen-bond acceptors (Lipinski definition) is 3. The van der Waals surface area contributed by atoms with E-state index in [1.807, 2.05) is 20.8 Å². The van der Waals surface area contributed by atoms with Gasteiger partial charge in [0.2, 0.25) is 10.0 Å². The van der Waals surface area contributed by atoms with Crippen LogP contribution >= 0.6 is 0 Å². The van der Waals surface area contributed by atoms with E-state index in [1.54, 1.807) is 0 Å². The molecule has 0 heterocycles. The van der Waals surface area contributed by atoms with Crippen molar-refractivity contribution in [2.24, 2.45) is 5.92 Å². The summed E-state index contributed by atoms with van der Waals surface area (Å²) in [6, 6.07) is 3.42. The highest BCUT2D eigenvalue weighted by molar-refractivity contribution is 7.89. The lowest BCUT2D eigenvalue weighted by Gasteiger charge is -2.25. The van der Waals surface area contributed by atoms with Gasteiger partial charge in [-0.05, 0) is 37.5 Å². The zero-order valence-corrected chi connectivity index (χ0v) is 12.5. The number of nitrogen functional groups attached to an aromatic ring is 1. The summed E-state index contributed by atoms with van der Waals surface area (Å²) in [5, 5.41) is 0. The SMILES string of the molecule is CC(C)CC(C)N(C)S(=O)(=O)c1ccc(N)cc1F. The molecule has 0 aromatic heterocycles. The van der Waals surface area contributed by atoms with Gasteiger partial charge in [0.15, 0.2) is 0 Å². The van der Waals surface area contributed by atoms with Crippen LogP contribution in [0.3, 0.4) is 0 Å². The zero-order valence-electron chi connectivity index (χ0n) is 11.7. The molecule has 0 saturated heterocycles. The van der Waals surface area contributed by atoms with Crippen molar-refractivity contribution in [1.82, 2.24) is 4.31 Å². The standard InChI is InChI=1S/C13H21FN2O2S/c1-9(2)7-10(3)16(4)19(17,18)13-6-5-11(15)8-12(13)14/h5-6,8-10H,7,15H2,1-4H3. The van der Waals surface area contributed by atoms with Crippen LogP contribution in [0.4, 0.5) is 10.1 Å². The van der Waals surface area contributed by atoms with Crippen molar-refractivity contribution in [3.05, 3.63) is 24.0 Å². The maximum Gasteiger partial charge on any atom is 0.245 e. The average Bonchev–Trinajstić information content (AvgIpc) is 2.26. The molecule has 2 N–H and O–H groups in total. The first kappa shape index (κ1) is 15.9. The predicted molar refractivity (Wildman–Crippen MR) is 74.7 cm³/mol. The lowest BCUT2D eigenvalue weighted by Crippen LogP contribution is -2.36. The van der Waals surface area contributed by atoms with E-state index in [1.165, 1.54) is 23.5 Å². The first-order valence-corrected chi connectivity index (χ1v) is 7.63. The Morgan fingerprint density at radius 1 is 1.32 bits per heavy atom. The van der Waals surface area contributed by atoms with Crippen molar-refractivity contribution >= 4 is 15.7 Å². The van der Waals surface area contributed by atoms with Crippen LogP contribution in [0.2, 0.25) is 0 Å². The Bertz CT molecular complexity index is 544. The van der Waals surface area contributed by atoms with E-state index in [2.05, 4.69) is 0 Å². The van der Waals surface area contributed by atoms with Gasteiger partial charge in [-0.25, -0.2) is 12.8 Å². The van der Waals surface area contributed by atoms with E-state index >= 15 is 0 Å². The molecule has 0 aliphatic rings. The topological polar surface area (TPSA) is 63.4 Å². The average molecular weight is 288 g/mol. The molecular formula is C13H21FN2O2S. The van der Waals surface area contributed by atoms with Crippen LogP contribution in [0.5, 0.6) is 0 Å². The third-order valence-electron chi connectivity index (χ3n) is 3.05. The molecule has 108 valence electrons. The summed E-state index contributed by atoms with van der Waals surface area (Å²) in [7, 11) is -2.36. The zero-order chi connectivity index (χ0) is 14.8. The van der Waals surface area contributed by atoms with Gasteiger partial charge in [0.1, 0.15) is 10.7 Å². The highest BCUT2D eigenvalue weighted by atomic mass is 32.2. The molecule has 0 aliphatic heterocycles. The maximum atomic E-state index is 13.7. The van der Waals surface area contributed by atoms with Gasteiger partial charge in [0.25, 0.3) is 0 Å². The Kier molecular flexibility index (Phi) is 4.92. The fourth-order valence-corrected chi connectivity index (χ4v) is 3.36. The number of nitrogens with zero attached hydrogens (tertiary/aromatic N) is 1. The molecule has 6 heteroatoms. The second kappa shape index (κ2) is 5.88. The molecule has 1 atom stereocenters. The normalized spacial score (nSPS) is 14.1. The highest BCUT2D eigenvalue weighted by Gasteiger charge is 2.28. The largest absolute Gasteiger partial charge is 0.399 e. The Morgan fingerprint density at radius 2 is 1.89 bits per heavy atom. The van der Waals surface area contributed by atoms with Crippen molar-refractivity contribution in [2.45, 2.75) is 38.1 Å². The van der Waals surface area contributed by atoms with Crippen LogP contribution in [0.1, 0.15) is 27.2 Å². The minimum Gasteiger partial charge on any atom is -0.399 e. The molecule has 0 amide bonds. The van der Waals surface area contributed by atoms with Crippen LogP contribution < -0.4 is 5.73 Å². The summed E-state index contributed by atoms with van der Waals surface area (Å²) in [4.78, 5) is -0.334. The fraction of sp³-hybridized carbons (Fsp3) is 0.538. The summed E-state index contributed by atoms with van der Waals surface area (Å²) in [6.07, 6.45) is 0.715. The molecule has 0 spiro atoms. The second-order valence-electron chi connectivity index (χ2n) is 5.19. The molecule has 0 saturated carbocycles. The van der Waals surface area contributed by atoms with Gasteiger partial charge in [-0.2, -0.15) is 4.31 Å². The summed E-state index contributed by atoms with van der Waals surface area (Å²) in [5.74, 6) is -0.451. The number of benzene rings is 1. The fourth-order valence-electron chi connectivity index (χ4n) is 1.95. The number of hydrogen-bond donors (Lipinski definition) is 1. The van der Waals surface area contributed by atoms with Gasteiger partial charge in [-0.3, -0.25) is 0 Å². The third-order valence-corrected chi connectivity index (χ3v) is 5.05. The Labute approximate surface area is 114 Å². The first-order chi connectivity index (χ1) is 8.66. The monoisotopic (exact) mass is 288 g/mol. The quantitative estimate of drug-likeness (QED) is 0.847. The molecule has 4 nitrogen and oxygen atoms in total. The number of rotatable bonds is 5. The van der Waals surface area contributed by atoms with Crippen LogP contribution in [-0.4, -0.2) is 25.8 Å². The molecule has 0 fully saturated rings. The van der Waals surface area contributed by atoms with Crippen LogP contribution in [0.25, 0.3) is 0 Å². The van der Waals surface area contributed by atoms with Crippen molar-refractivity contribution < 1.29 is 12.8 Å². The van der Waals surface area contributed by atoms with Gasteiger partial charge >= 0.3 is 0 Å². The third kappa shape index (κ3) is 3.67. The van der Waals surface area contributed by atoms with Crippen LogP contribution in [0, 0.1) is 11.7 Å². The predicted octanol–water partition coefficient (Wildman–Crippen LogP) is 2.46. The summed E-state index contributed by atoms with van der Waals surface area (Å²) in [6.45, 7) is 5.84. The summed E-state index contributed by atoms with van der Waals surface area (Å²) < 4.78 is 39.6. The van der Waals surface area contributed by atoms with Crippen molar-refractivity contribution in [2.75, 3.05) is 12.8 Å². The molecule has 1 unspecified atom stereocenters. The lowest BCUT2D eigenvalue weighted by atomic mass is 10.1. The Balaban J connectivity index is 3.09. The summed E-state index contributed by atoms with van der Waals surface area (Å²) in [5.41, 5.74) is 5.63. The van der Waals surface area contributed by atoms with E-state index in [0.29, 0.717) is 12.3 Å². The molecule has 0 radical (unpaired) electrons. The number of halogens is 1. The number of sulfonamides is 1. The highest BCUT2D eigenvalue weighted by Crippen LogP contribution is 2.23. The van der Waals surface area contributed by atoms with Gasteiger partial charge in [-0.1, -0.05) is 13.8 Å². The van der Waals surface area contributed by atoms with E-state index in [4.69, 9.17) is 5.73 Å². The molecule has 19 heavy (non-hydrogen) atoms. The van der Waals surface area contributed by atoms with Gasteiger partial charge in [0.05, 0.1) is 0 Å². The van der Waals surface area contributed by atoms with Crippen molar-refractivity contribution in [3.63, 3.8) is 0 Å². The van der Waals surface area contributed by atoms with Crippen LogP contribution in [-0.2, 0) is 10.0 Å². The second-order valence-corrected chi connectivity index (χ2v) is 7.16. The molecule has 1 aromatic rings. The van der Waals surface area contributed by atoms with Gasteiger partial charge in [-0.15, -0.1) is 0 Å². The maximum absolute atomic E-state index is 13.7. The number of anilines is 1. The molecule has 0 bridgehead atoms. The minimum atomic E-state index is -3.83. The van der Waals surface area contributed by atoms with Crippen molar-refractivity contribution in [1.29, 1.82) is 0 Å². The van der Waals surface area contributed by atoms with E-state index in [-0.39, 0.29) is 16.6 Å². The van der Waals surface area contributed by atoms with E-state index in [9.17, 15) is 12.8 Å². The van der Waals surface area contributed by atoms with Gasteiger partial charge in [0, 0.05) is 18.8 Å². The Morgan fingerprint density at radius 3 is 2.37 bits per heavy atom. The molecule has 0 aliphatic carbocycles. The van der Waals surface area contributed by atoms with Gasteiger partial charge < -0.3 is 5.73 Å². The van der Waals surface area contributed by atoms with Crippen molar-refractivity contribution in [3.8, 4) is 0 Å². The number of nitrogens with two attached hydrogens (primary N) is 1. The molecular weight excluding hydrogens is 267 g/mol. The Hall–Kier alpha value is -1.14. The first-order valence-electron chi connectivity index (χ1n) is 6.19. The molecule has 1 rings (SSSR count). The van der Waals surface area contributed by atoms with Crippen LogP contribution in [0.15, 0.2) is 23.1 Å². The minimum absolute atomic E-state index is 0.193. The lowest BCUT2D eigenvalue weighted by molar-refractivity contribution is 0.336. The summed E-state index contributed by atoms with van der Waals surface area (Å²) >= 11 is 0. The smallest absolute Gasteiger partial charge is 0.245 e. The molecule has 1 aromatic carbocycles. The van der Waals surface area contributed by atoms with E-state index in [0.717, 1.165) is 6.07 Å². The van der Waals surface area contributed by atoms with E-state index < -0.39 is 15.8 Å².